The molecule has 9 heteroatoms. The summed E-state index contributed by atoms with van der Waals surface area (Å²) in [5, 5.41) is -0.279. The SMILES string of the molecule is CCCCC(=O)CS(C)(OS(=O)(=O)C(F)(F)F)C1CCCCC1. The molecule has 138 valence electrons. The number of carbonyl (C=O) groups is 1. The first-order chi connectivity index (χ1) is 10.5. The van der Waals surface area contributed by atoms with Crippen LogP contribution in [0.25, 0.3) is 0 Å². The lowest BCUT2D eigenvalue weighted by molar-refractivity contribution is -0.116. The van der Waals surface area contributed by atoms with E-state index in [4.69, 9.17) is 0 Å². The molecule has 1 unspecified atom stereocenters. The molecule has 0 spiro atoms. The molecule has 1 atom stereocenters. The molecule has 1 saturated carbocycles. The smallest absolute Gasteiger partial charge is 0.299 e. The Kier molecular flexibility index (Phi) is 7.40. The molecular formula is C14H25F3O4S2. The minimum atomic E-state index is -5.69. The standard InChI is InChI=1S/C14H25F3O4S2/c1-3-4-8-12(18)11-22(2,13-9-6-5-7-10-13)21-23(19,20)14(15,16)17/h13H,3-11H2,1-2H3. The Morgan fingerprint density at radius 1 is 1.17 bits per heavy atom. The molecule has 0 aromatic carbocycles. The third-order valence-electron chi connectivity index (χ3n) is 4.04. The van der Waals surface area contributed by atoms with Crippen LogP contribution >= 0.6 is 10.3 Å². The third kappa shape index (κ3) is 5.94. The maximum absolute atomic E-state index is 12.7. The molecule has 0 heterocycles. The normalized spacial score (nSPS) is 21.6. The molecule has 0 bridgehead atoms. The lowest BCUT2D eigenvalue weighted by atomic mass is 10.0. The zero-order chi connectivity index (χ0) is 17.7. The second kappa shape index (κ2) is 8.20. The highest BCUT2D eigenvalue weighted by Crippen LogP contribution is 2.57. The molecular weight excluding hydrogens is 353 g/mol. The van der Waals surface area contributed by atoms with Crippen LogP contribution in [0, 0.1) is 0 Å². The highest BCUT2D eigenvalue weighted by molar-refractivity contribution is 8.33. The van der Waals surface area contributed by atoms with Gasteiger partial charge in [0.25, 0.3) is 0 Å². The van der Waals surface area contributed by atoms with Gasteiger partial charge in [0.05, 0.1) is 5.75 Å². The molecule has 0 amide bonds. The van der Waals surface area contributed by atoms with Gasteiger partial charge in [-0.3, -0.25) is 4.79 Å². The van der Waals surface area contributed by atoms with Gasteiger partial charge in [-0.25, -0.2) is 3.63 Å². The number of Topliss-reactive ketones (excluding diaryl/α,β-unsaturated/α-hetero) is 1. The van der Waals surface area contributed by atoms with E-state index in [-0.39, 0.29) is 23.2 Å². The lowest BCUT2D eigenvalue weighted by Gasteiger charge is -2.43. The van der Waals surface area contributed by atoms with Crippen molar-refractivity contribution >= 4 is 26.2 Å². The average Bonchev–Trinajstić information content (AvgIpc) is 2.44. The van der Waals surface area contributed by atoms with Crippen molar-refractivity contribution in [2.24, 2.45) is 0 Å². The summed E-state index contributed by atoms with van der Waals surface area (Å²) in [6.07, 6.45) is 6.95. The maximum Gasteiger partial charge on any atom is 0.523 e. The molecule has 23 heavy (non-hydrogen) atoms. The number of hydrogen-bond acceptors (Lipinski definition) is 4. The second-order valence-corrected chi connectivity index (χ2v) is 11.1. The van der Waals surface area contributed by atoms with Crippen molar-refractivity contribution in [1.29, 1.82) is 0 Å². The predicted octanol–water partition coefficient (Wildman–Crippen LogP) is 4.29. The van der Waals surface area contributed by atoms with E-state index >= 15 is 0 Å². The third-order valence-corrected chi connectivity index (χ3v) is 9.35. The summed E-state index contributed by atoms with van der Waals surface area (Å²) in [4.78, 5) is 12.1. The van der Waals surface area contributed by atoms with E-state index < -0.39 is 25.9 Å². The van der Waals surface area contributed by atoms with Crippen LogP contribution in [-0.4, -0.2) is 37.0 Å². The fraction of sp³-hybridized carbons (Fsp3) is 0.929. The van der Waals surface area contributed by atoms with Crippen LogP contribution in [0.2, 0.25) is 0 Å². The van der Waals surface area contributed by atoms with Gasteiger partial charge in [0.2, 0.25) is 0 Å². The molecule has 1 fully saturated rings. The summed E-state index contributed by atoms with van der Waals surface area (Å²) < 4.78 is 65.7. The van der Waals surface area contributed by atoms with Crippen LogP contribution in [0.5, 0.6) is 0 Å². The highest BCUT2D eigenvalue weighted by atomic mass is 32.3. The topological polar surface area (TPSA) is 60.4 Å². The quantitative estimate of drug-likeness (QED) is 0.591. The summed E-state index contributed by atoms with van der Waals surface area (Å²) in [7, 11) is -8.35. The van der Waals surface area contributed by atoms with E-state index in [1.165, 1.54) is 6.26 Å². The van der Waals surface area contributed by atoms with Crippen molar-refractivity contribution in [2.75, 3.05) is 12.0 Å². The number of ketones is 1. The molecule has 0 radical (unpaired) electrons. The Hall–Kier alpha value is -0.280. The Morgan fingerprint density at radius 3 is 2.22 bits per heavy atom. The van der Waals surface area contributed by atoms with Gasteiger partial charge >= 0.3 is 15.6 Å². The summed E-state index contributed by atoms with van der Waals surface area (Å²) in [6.45, 7) is 1.91. The van der Waals surface area contributed by atoms with Crippen molar-refractivity contribution in [3.05, 3.63) is 0 Å². The molecule has 4 nitrogen and oxygen atoms in total. The van der Waals surface area contributed by atoms with Crippen molar-refractivity contribution in [2.45, 2.75) is 69.0 Å². The van der Waals surface area contributed by atoms with Gasteiger partial charge in [0, 0.05) is 11.7 Å². The summed E-state index contributed by atoms with van der Waals surface area (Å²) in [5.41, 5.74) is -5.46. The van der Waals surface area contributed by atoms with Gasteiger partial charge in [-0.05, 0) is 25.5 Å². The predicted molar refractivity (Wildman–Crippen MR) is 85.8 cm³/mol. The monoisotopic (exact) mass is 378 g/mol. The molecule has 1 rings (SSSR count). The first kappa shape index (κ1) is 20.8. The molecule has 0 aromatic rings. The Balaban J connectivity index is 2.98. The van der Waals surface area contributed by atoms with E-state index in [0.717, 1.165) is 25.7 Å². The number of hydrogen-bond donors (Lipinski definition) is 0. The van der Waals surface area contributed by atoms with Crippen LogP contribution in [0.4, 0.5) is 13.2 Å². The first-order valence-electron chi connectivity index (χ1n) is 7.81. The minimum Gasteiger partial charge on any atom is -0.299 e. The van der Waals surface area contributed by atoms with Gasteiger partial charge in [-0.15, -0.1) is 10.3 Å². The minimum absolute atomic E-state index is 0.215. The molecule has 0 aromatic heterocycles. The van der Waals surface area contributed by atoms with Crippen LogP contribution < -0.4 is 0 Å². The summed E-state index contributed by atoms with van der Waals surface area (Å²) >= 11 is 0. The second-order valence-electron chi connectivity index (χ2n) is 6.09. The largest absolute Gasteiger partial charge is 0.523 e. The van der Waals surface area contributed by atoms with E-state index in [1.807, 2.05) is 6.92 Å². The molecule has 1 aliphatic carbocycles. The van der Waals surface area contributed by atoms with E-state index in [1.54, 1.807) is 0 Å². The van der Waals surface area contributed by atoms with E-state index in [0.29, 0.717) is 19.3 Å². The number of unbranched alkanes of at least 4 members (excludes halogenated alkanes) is 1. The van der Waals surface area contributed by atoms with Gasteiger partial charge in [0.15, 0.2) is 0 Å². The zero-order valence-electron chi connectivity index (χ0n) is 13.5. The van der Waals surface area contributed by atoms with Crippen LogP contribution in [0.1, 0.15) is 58.3 Å². The Morgan fingerprint density at radius 2 is 1.74 bits per heavy atom. The molecule has 0 N–H and O–H groups in total. The van der Waals surface area contributed by atoms with Crippen LogP contribution in [0.15, 0.2) is 0 Å². The van der Waals surface area contributed by atoms with Gasteiger partial charge in [-0.2, -0.15) is 21.6 Å². The fourth-order valence-electron chi connectivity index (χ4n) is 2.77. The van der Waals surface area contributed by atoms with Crippen molar-refractivity contribution < 1.29 is 30.0 Å². The first-order valence-corrected chi connectivity index (χ1v) is 11.4. The van der Waals surface area contributed by atoms with Crippen molar-refractivity contribution in [1.82, 2.24) is 0 Å². The van der Waals surface area contributed by atoms with Gasteiger partial charge in [-0.1, -0.05) is 32.6 Å². The number of rotatable bonds is 8. The average molecular weight is 378 g/mol. The van der Waals surface area contributed by atoms with E-state index in [9.17, 15) is 26.4 Å². The van der Waals surface area contributed by atoms with Crippen molar-refractivity contribution in [3.8, 4) is 0 Å². The van der Waals surface area contributed by atoms with Crippen LogP contribution in [0.3, 0.4) is 0 Å². The molecule has 1 aliphatic rings. The number of alkyl halides is 3. The Bertz CT molecular complexity index is 499. The maximum atomic E-state index is 12.7. The Labute approximate surface area is 137 Å². The number of carbonyl (C=O) groups excluding carboxylic acids is 1. The summed E-state index contributed by atoms with van der Waals surface area (Å²) in [6, 6.07) is 0. The lowest BCUT2D eigenvalue weighted by Crippen LogP contribution is -2.34. The van der Waals surface area contributed by atoms with Crippen molar-refractivity contribution in [3.63, 3.8) is 0 Å². The highest BCUT2D eigenvalue weighted by Gasteiger charge is 2.51. The van der Waals surface area contributed by atoms with E-state index in [2.05, 4.69) is 3.63 Å². The zero-order valence-corrected chi connectivity index (χ0v) is 15.2. The molecule has 0 aliphatic heterocycles. The number of halogens is 3. The fourth-order valence-corrected chi connectivity index (χ4v) is 7.70. The van der Waals surface area contributed by atoms with Gasteiger partial charge < -0.3 is 0 Å². The summed E-state index contributed by atoms with van der Waals surface area (Å²) in [5.74, 6) is -0.431. The van der Waals surface area contributed by atoms with Crippen LogP contribution in [-0.2, 0) is 18.5 Å². The van der Waals surface area contributed by atoms with Gasteiger partial charge in [0.1, 0.15) is 5.78 Å². The molecule has 0 saturated heterocycles.